The van der Waals surface area contributed by atoms with Crippen molar-refractivity contribution in [3.05, 3.63) is 67.1 Å². The second kappa shape index (κ2) is 8.54. The average molecular weight is 408 g/mol. The number of hydrogen-bond acceptors (Lipinski definition) is 0. The summed E-state index contributed by atoms with van der Waals surface area (Å²) in [5, 5.41) is 4.35. The summed E-state index contributed by atoms with van der Waals surface area (Å²) in [6.45, 7) is 2.45. The van der Waals surface area contributed by atoms with Gasteiger partial charge in [0.2, 0.25) is 0 Å². The van der Waals surface area contributed by atoms with Gasteiger partial charge < -0.3 is 15.8 Å². The van der Waals surface area contributed by atoms with Gasteiger partial charge in [0.05, 0.1) is 0 Å². The zero-order valence-electron chi connectivity index (χ0n) is 13.0. The molecule has 23 heavy (non-hydrogen) atoms. The molecular formula is C19H19F2PZr. The summed E-state index contributed by atoms with van der Waals surface area (Å²) in [6, 6.07) is 13.5. The van der Waals surface area contributed by atoms with Crippen LogP contribution in [0.25, 0.3) is 10.8 Å². The molecule has 4 atom stereocenters. The van der Waals surface area contributed by atoms with Crippen LogP contribution in [0.2, 0.25) is 0 Å². The summed E-state index contributed by atoms with van der Waals surface area (Å²) < 4.78 is 0. The Hall–Kier alpha value is -0.517. The maximum absolute atomic E-state index is 2.61. The largest absolute Gasteiger partial charge is 4.00 e. The molecule has 0 N–H and O–H groups in total. The van der Waals surface area contributed by atoms with Crippen LogP contribution in [-0.4, -0.2) is 12.3 Å². The van der Waals surface area contributed by atoms with Gasteiger partial charge in [-0.2, -0.15) is 6.07 Å². The summed E-state index contributed by atoms with van der Waals surface area (Å²) in [5.74, 6) is 1.43. The minimum absolute atomic E-state index is 0. The van der Waals surface area contributed by atoms with Gasteiger partial charge in [0.25, 0.3) is 0 Å². The van der Waals surface area contributed by atoms with E-state index in [1.54, 1.807) is 5.30 Å². The summed E-state index contributed by atoms with van der Waals surface area (Å²) in [7, 11) is -0.0838. The normalized spacial score (nSPS) is 25.9. The quantitative estimate of drug-likeness (QED) is 0.426. The molecule has 0 heterocycles. The predicted octanol–water partition coefficient (Wildman–Crippen LogP) is -1.36. The van der Waals surface area contributed by atoms with Gasteiger partial charge in [-0.1, -0.05) is 30.7 Å². The standard InChI is InChI=1S/C19H19P.2FH.Zr/c1-20(18-10-14-6-2-3-7-15(14)11-18)19-12-16-8-4-5-9-17(16)13-19;;;/h2-12,16-17,19H,13H2,1H3;2*1H;/q-2;;;+4/p-2. The van der Waals surface area contributed by atoms with E-state index in [0.29, 0.717) is 5.92 Å². The Morgan fingerprint density at radius 1 is 1.09 bits per heavy atom. The van der Waals surface area contributed by atoms with Gasteiger partial charge >= 0.3 is 26.2 Å². The molecule has 1 fully saturated rings. The molecule has 0 amide bonds. The molecule has 0 radical (unpaired) electrons. The first-order valence-corrected chi connectivity index (χ1v) is 9.25. The van der Waals surface area contributed by atoms with E-state index in [1.165, 1.54) is 17.2 Å². The van der Waals surface area contributed by atoms with E-state index in [4.69, 9.17) is 0 Å². The second-order valence-corrected chi connectivity index (χ2v) is 8.36. The average Bonchev–Trinajstić information content (AvgIpc) is 3.10. The van der Waals surface area contributed by atoms with E-state index in [1.807, 2.05) is 0 Å². The van der Waals surface area contributed by atoms with Crippen LogP contribution >= 0.6 is 7.92 Å². The fourth-order valence-corrected chi connectivity index (χ4v) is 5.63. The number of hydrogen-bond donors (Lipinski definition) is 0. The minimum atomic E-state index is -0.0838. The molecule has 0 bridgehead atoms. The molecule has 0 saturated heterocycles. The molecular weight excluding hydrogens is 388 g/mol. The van der Waals surface area contributed by atoms with Crippen LogP contribution in [-0.2, 0) is 26.2 Å². The Bertz CT molecular complexity index is 638. The zero-order valence-corrected chi connectivity index (χ0v) is 16.3. The van der Waals surface area contributed by atoms with E-state index in [0.717, 1.165) is 11.6 Å². The molecule has 0 nitrogen and oxygen atoms in total. The fourth-order valence-electron chi connectivity index (χ4n) is 3.54. The molecule has 2 aromatic rings. The first kappa shape index (κ1) is 20.5. The Kier molecular flexibility index (Phi) is 7.62. The molecule has 2 aromatic carbocycles. The maximum Gasteiger partial charge on any atom is 4.00 e. The summed E-state index contributed by atoms with van der Waals surface area (Å²) in [4.78, 5) is 0. The van der Waals surface area contributed by atoms with Crippen molar-refractivity contribution < 1.29 is 35.6 Å². The maximum atomic E-state index is 2.61. The van der Waals surface area contributed by atoms with Gasteiger partial charge in [-0.05, 0) is 12.6 Å². The first-order chi connectivity index (χ1) is 9.81. The van der Waals surface area contributed by atoms with E-state index < -0.39 is 0 Å². The monoisotopic (exact) mass is 406 g/mol. The van der Waals surface area contributed by atoms with Crippen molar-refractivity contribution in [2.45, 2.75) is 12.1 Å². The van der Waals surface area contributed by atoms with Gasteiger partial charge in [0, 0.05) is 0 Å². The summed E-state index contributed by atoms with van der Waals surface area (Å²) >= 11 is 0. The number of rotatable bonds is 2. The summed E-state index contributed by atoms with van der Waals surface area (Å²) in [5.41, 5.74) is 0.768. The first-order valence-electron chi connectivity index (χ1n) is 7.39. The van der Waals surface area contributed by atoms with Crippen LogP contribution in [0.3, 0.4) is 0 Å². The van der Waals surface area contributed by atoms with E-state index in [-0.39, 0.29) is 43.5 Å². The molecule has 4 rings (SSSR count). The van der Waals surface area contributed by atoms with Crippen LogP contribution in [0, 0.1) is 18.3 Å². The third kappa shape index (κ3) is 3.94. The SMILES string of the molecule is CP(c1cc2ccccc2[cH-]1)C1[CH-]C2C=CC=CC2C1.[F-].[F-].[Zr+4]. The van der Waals surface area contributed by atoms with Gasteiger partial charge in [-0.25, -0.2) is 0 Å². The minimum Gasteiger partial charge on any atom is -1.00 e. The van der Waals surface area contributed by atoms with Gasteiger partial charge in [-0.3, -0.25) is 0 Å². The Morgan fingerprint density at radius 2 is 1.83 bits per heavy atom. The van der Waals surface area contributed by atoms with Crippen LogP contribution in [0.4, 0.5) is 0 Å². The van der Waals surface area contributed by atoms with Gasteiger partial charge in [0.1, 0.15) is 0 Å². The third-order valence-corrected chi connectivity index (χ3v) is 7.21. The Balaban J connectivity index is 0.000000882. The van der Waals surface area contributed by atoms with Crippen LogP contribution in [0.1, 0.15) is 6.42 Å². The van der Waals surface area contributed by atoms with E-state index >= 15 is 0 Å². The molecule has 1 saturated carbocycles. The molecule has 2 aliphatic carbocycles. The Labute approximate surface area is 157 Å². The van der Waals surface area contributed by atoms with Crippen molar-refractivity contribution in [2.75, 3.05) is 6.66 Å². The molecule has 118 valence electrons. The van der Waals surface area contributed by atoms with Crippen molar-refractivity contribution >= 4 is 24.0 Å². The van der Waals surface area contributed by atoms with Crippen molar-refractivity contribution in [2.24, 2.45) is 11.8 Å². The molecule has 0 spiro atoms. The number of allylic oxidation sites excluding steroid dienone is 4. The van der Waals surface area contributed by atoms with Crippen LogP contribution < -0.4 is 14.7 Å². The molecule has 4 heteroatoms. The Morgan fingerprint density at radius 3 is 2.57 bits per heavy atom. The number of fused-ring (bicyclic) bond motifs is 2. The molecule has 0 aliphatic heterocycles. The van der Waals surface area contributed by atoms with Crippen LogP contribution in [0.15, 0.2) is 60.7 Å². The number of benzene rings is 1. The van der Waals surface area contributed by atoms with Crippen molar-refractivity contribution in [1.82, 2.24) is 0 Å². The summed E-state index contributed by atoms with van der Waals surface area (Å²) in [6.07, 6.45) is 13.1. The smallest absolute Gasteiger partial charge is 1.00 e. The van der Waals surface area contributed by atoms with Gasteiger partial charge in [0.15, 0.2) is 0 Å². The van der Waals surface area contributed by atoms with Crippen molar-refractivity contribution in [1.29, 1.82) is 0 Å². The fraction of sp³-hybridized carbons (Fsp3) is 0.263. The molecule has 2 aliphatic rings. The second-order valence-electron chi connectivity index (χ2n) is 5.96. The van der Waals surface area contributed by atoms with Gasteiger partial charge in [-0.15, -0.1) is 65.9 Å². The third-order valence-electron chi connectivity index (χ3n) is 4.76. The molecule has 4 unspecified atom stereocenters. The van der Waals surface area contributed by atoms with Crippen LogP contribution in [0.5, 0.6) is 0 Å². The van der Waals surface area contributed by atoms with Crippen molar-refractivity contribution in [3.8, 4) is 0 Å². The van der Waals surface area contributed by atoms with E-state index in [9.17, 15) is 0 Å². The topological polar surface area (TPSA) is 0 Å². The number of halogens is 2. The zero-order chi connectivity index (χ0) is 13.5. The predicted molar refractivity (Wildman–Crippen MR) is 90.0 cm³/mol. The van der Waals surface area contributed by atoms with E-state index in [2.05, 4.69) is 73.8 Å². The molecule has 0 aromatic heterocycles. The van der Waals surface area contributed by atoms with Crippen molar-refractivity contribution in [3.63, 3.8) is 0 Å².